The third-order valence-electron chi connectivity index (χ3n) is 0.751. The highest BCUT2D eigenvalue weighted by Crippen LogP contribution is 2.23. The van der Waals surface area contributed by atoms with Crippen molar-refractivity contribution < 1.29 is 18.3 Å². The lowest BCUT2D eigenvalue weighted by Crippen LogP contribution is -2.36. The molecule has 1 unspecified atom stereocenters. The first-order valence-electron chi connectivity index (χ1n) is 2.43. The minimum absolute atomic E-state index is 0.526. The van der Waals surface area contributed by atoms with Crippen molar-refractivity contribution in [2.24, 2.45) is 0 Å². The van der Waals surface area contributed by atoms with Gasteiger partial charge in [0.1, 0.15) is 0 Å². The minimum Gasteiger partial charge on any atom is -0.382 e. The average Bonchev–Trinajstić information content (AvgIpc) is 1.86. The molecule has 8 heteroatoms. The van der Waals surface area contributed by atoms with Crippen LogP contribution in [-0.2, 0) is 0 Å². The van der Waals surface area contributed by atoms with E-state index < -0.39 is 18.8 Å². The summed E-state index contributed by atoms with van der Waals surface area (Å²) in [6.45, 7) is -0.526. The zero-order chi connectivity index (χ0) is 8.91. The highest BCUT2D eigenvalue weighted by Gasteiger charge is 2.37. The van der Waals surface area contributed by atoms with Gasteiger partial charge in [-0.3, -0.25) is 4.72 Å². The molecular formula is C3H6F3NOS3. The van der Waals surface area contributed by atoms with Gasteiger partial charge in [-0.05, 0) is 9.83 Å². The van der Waals surface area contributed by atoms with Crippen LogP contribution in [-0.4, -0.2) is 23.9 Å². The number of aliphatic hydroxyl groups is 1. The fourth-order valence-electron chi connectivity index (χ4n) is 0.255. The molecule has 0 aromatic rings. The summed E-state index contributed by atoms with van der Waals surface area (Å²) < 4.78 is 36.9. The first kappa shape index (κ1) is 11.8. The first-order valence-corrected chi connectivity index (χ1v) is 5.63. The number of nitrogens with one attached hydrogen (secondary N) is 1. The maximum absolute atomic E-state index is 11.6. The Hall–Kier alpha value is 0.760. The Morgan fingerprint density at radius 2 is 2.09 bits per heavy atom. The van der Waals surface area contributed by atoms with Crippen molar-refractivity contribution in [1.82, 2.24) is 4.72 Å². The average molecular weight is 225 g/mol. The summed E-state index contributed by atoms with van der Waals surface area (Å²) in [6, 6.07) is 0. The molecule has 0 fully saturated rings. The van der Waals surface area contributed by atoms with Crippen LogP contribution in [0.1, 0.15) is 0 Å². The lowest BCUT2D eigenvalue weighted by atomic mass is 10.4. The smallest absolute Gasteiger partial charge is 0.382 e. The number of alkyl halides is 3. The number of hydrogen-bond acceptors (Lipinski definition) is 5. The van der Waals surface area contributed by atoms with Crippen LogP contribution < -0.4 is 4.72 Å². The van der Waals surface area contributed by atoms with Gasteiger partial charge in [-0.25, -0.2) is 0 Å². The maximum Gasteiger partial charge on any atom is 0.415 e. The molecule has 0 radical (unpaired) electrons. The molecule has 0 aliphatic heterocycles. The second-order valence-corrected chi connectivity index (χ2v) is 4.46. The molecule has 2 nitrogen and oxygen atoms in total. The molecule has 2 N–H and O–H groups in total. The molecule has 0 aromatic carbocycles. The van der Waals surface area contributed by atoms with E-state index in [1.54, 1.807) is 0 Å². The van der Waals surface area contributed by atoms with Gasteiger partial charge >= 0.3 is 6.18 Å². The molecule has 0 spiro atoms. The van der Waals surface area contributed by atoms with Crippen LogP contribution >= 0.6 is 32.5 Å². The van der Waals surface area contributed by atoms with Crippen LogP contribution in [0.25, 0.3) is 0 Å². The summed E-state index contributed by atoms with van der Waals surface area (Å²) in [7, 11) is 1.90. The summed E-state index contributed by atoms with van der Waals surface area (Å²) in [5.74, 6) is 0. The van der Waals surface area contributed by atoms with E-state index in [1.807, 2.05) is 0 Å². The van der Waals surface area contributed by atoms with Crippen molar-refractivity contribution in [3.05, 3.63) is 0 Å². The number of aliphatic hydroxyl groups excluding tert-OH is 1. The monoisotopic (exact) mass is 225 g/mol. The fourth-order valence-corrected chi connectivity index (χ4v) is 1.37. The molecular weight excluding hydrogens is 219 g/mol. The number of thiol groups is 1. The predicted molar refractivity (Wildman–Crippen MR) is 44.2 cm³/mol. The molecule has 11 heavy (non-hydrogen) atoms. The van der Waals surface area contributed by atoms with E-state index in [0.717, 1.165) is 20.8 Å². The molecule has 0 aromatic heterocycles. The van der Waals surface area contributed by atoms with E-state index in [0.29, 0.717) is 0 Å². The number of hydrogen-bond donors (Lipinski definition) is 3. The Morgan fingerprint density at radius 1 is 1.55 bits per heavy atom. The van der Waals surface area contributed by atoms with E-state index >= 15 is 0 Å². The van der Waals surface area contributed by atoms with Crippen molar-refractivity contribution in [1.29, 1.82) is 0 Å². The topological polar surface area (TPSA) is 32.3 Å². The Bertz CT molecular complexity index is 110. The van der Waals surface area contributed by atoms with Crippen molar-refractivity contribution in [2.45, 2.75) is 12.3 Å². The van der Waals surface area contributed by atoms with Crippen LogP contribution in [0.15, 0.2) is 0 Å². The summed E-state index contributed by atoms with van der Waals surface area (Å²) in [4.78, 5) is 0. The van der Waals surface area contributed by atoms with Crippen LogP contribution in [0.5, 0.6) is 0 Å². The van der Waals surface area contributed by atoms with E-state index in [9.17, 15) is 13.2 Å². The van der Waals surface area contributed by atoms with E-state index in [4.69, 9.17) is 5.11 Å². The number of halogens is 3. The zero-order valence-electron chi connectivity index (χ0n) is 5.13. The van der Waals surface area contributed by atoms with Crippen LogP contribution in [0, 0.1) is 0 Å². The van der Waals surface area contributed by atoms with Gasteiger partial charge in [-0.2, -0.15) is 13.2 Å². The quantitative estimate of drug-likeness (QED) is 0.294. The van der Waals surface area contributed by atoms with E-state index in [1.165, 1.54) is 0 Å². The van der Waals surface area contributed by atoms with E-state index in [2.05, 4.69) is 16.4 Å². The van der Waals surface area contributed by atoms with Crippen LogP contribution in [0.2, 0.25) is 0 Å². The van der Waals surface area contributed by atoms with Crippen LogP contribution in [0.4, 0.5) is 13.2 Å². The summed E-state index contributed by atoms with van der Waals surface area (Å²) in [5.41, 5.74) is 0. The summed E-state index contributed by atoms with van der Waals surface area (Å²) >= 11 is 3.65. The van der Waals surface area contributed by atoms with Gasteiger partial charge in [-0.1, -0.05) is 11.7 Å². The largest absolute Gasteiger partial charge is 0.415 e. The Morgan fingerprint density at radius 3 is 2.45 bits per heavy atom. The maximum atomic E-state index is 11.6. The Balaban J connectivity index is 3.44. The molecule has 68 valence electrons. The van der Waals surface area contributed by atoms with Gasteiger partial charge in [0.05, 0.1) is 0 Å². The van der Waals surface area contributed by atoms with Gasteiger partial charge in [-0.15, -0.1) is 0 Å². The second-order valence-electron chi connectivity index (χ2n) is 1.56. The second kappa shape index (κ2) is 5.41. The molecule has 1 atom stereocenters. The van der Waals surface area contributed by atoms with Crippen molar-refractivity contribution >= 4 is 32.5 Å². The van der Waals surface area contributed by atoms with Gasteiger partial charge in [0, 0.05) is 17.5 Å². The zero-order valence-corrected chi connectivity index (χ0v) is 7.66. The van der Waals surface area contributed by atoms with Crippen molar-refractivity contribution in [3.63, 3.8) is 0 Å². The first-order chi connectivity index (χ1) is 4.98. The molecule has 0 aliphatic rings. The Labute approximate surface area is 74.6 Å². The van der Waals surface area contributed by atoms with Gasteiger partial charge in [0.25, 0.3) is 0 Å². The van der Waals surface area contributed by atoms with Gasteiger partial charge < -0.3 is 5.11 Å². The molecule has 0 saturated carbocycles. The van der Waals surface area contributed by atoms with Crippen molar-refractivity contribution in [2.75, 3.05) is 6.54 Å². The normalized spacial score (nSPS) is 15.0. The lowest BCUT2D eigenvalue weighted by molar-refractivity contribution is -0.200. The minimum atomic E-state index is -4.55. The molecule has 0 bridgehead atoms. The lowest BCUT2D eigenvalue weighted by Gasteiger charge is -2.13. The third kappa shape index (κ3) is 5.97. The molecule has 0 saturated heterocycles. The standard InChI is InChI=1S/C3H6F3NOS3/c4-3(5,6)2(8)1-7-10-11-9/h2,7-9H,1H2. The van der Waals surface area contributed by atoms with E-state index in [-0.39, 0.29) is 0 Å². The highest BCUT2D eigenvalue weighted by atomic mass is 33.5. The summed E-state index contributed by atoms with van der Waals surface area (Å²) in [5, 5.41) is 8.38. The fraction of sp³-hybridized carbons (Fsp3) is 1.00. The number of rotatable bonds is 4. The SMILES string of the molecule is OC(CNSSS)C(F)(F)F. The molecule has 0 heterocycles. The van der Waals surface area contributed by atoms with Crippen LogP contribution in [0.3, 0.4) is 0 Å². The summed E-state index contributed by atoms with van der Waals surface area (Å²) in [6.07, 6.45) is -6.86. The van der Waals surface area contributed by atoms with Gasteiger partial charge in [0.15, 0.2) is 6.10 Å². The Kier molecular flexibility index (Phi) is 5.79. The molecule has 0 amide bonds. The molecule has 0 rings (SSSR count). The predicted octanol–water partition coefficient (Wildman–Crippen LogP) is 1.64. The molecule has 0 aliphatic carbocycles. The van der Waals surface area contributed by atoms with Gasteiger partial charge in [0.2, 0.25) is 0 Å². The third-order valence-corrected chi connectivity index (χ3v) is 2.36. The highest BCUT2D eigenvalue weighted by molar-refractivity contribution is 9.05. The van der Waals surface area contributed by atoms with Crippen molar-refractivity contribution in [3.8, 4) is 0 Å².